The standard InChI is InChI=1S/C16H30N2O4/c1-5-18(10-15(19)20)14-8-13(9-14)17-16(21)12(4)22-7-6-11(2)3/h11-14H,5-10H2,1-4H3,(H,17,21)(H,19,20). The van der Waals surface area contributed by atoms with Crippen LogP contribution >= 0.6 is 0 Å². The lowest BCUT2D eigenvalue weighted by molar-refractivity contribution is -0.140. The number of likely N-dealkylation sites (N-methyl/N-ethyl adjacent to an activating group) is 1. The van der Waals surface area contributed by atoms with Crippen LogP contribution in [0.1, 0.15) is 47.0 Å². The van der Waals surface area contributed by atoms with Crippen LogP contribution in [-0.2, 0) is 14.3 Å². The highest BCUT2D eigenvalue weighted by molar-refractivity contribution is 5.80. The summed E-state index contributed by atoms with van der Waals surface area (Å²) in [6.45, 7) is 9.36. The summed E-state index contributed by atoms with van der Waals surface area (Å²) in [6.07, 6.45) is 2.14. The largest absolute Gasteiger partial charge is 0.480 e. The van der Waals surface area contributed by atoms with Gasteiger partial charge in [0.05, 0.1) is 6.54 Å². The van der Waals surface area contributed by atoms with E-state index in [1.165, 1.54) is 0 Å². The highest BCUT2D eigenvalue weighted by Gasteiger charge is 2.35. The lowest BCUT2D eigenvalue weighted by Gasteiger charge is -2.42. The molecule has 0 saturated heterocycles. The molecule has 1 aliphatic rings. The molecule has 1 rings (SSSR count). The van der Waals surface area contributed by atoms with Crippen LogP contribution in [0.4, 0.5) is 0 Å². The number of rotatable bonds is 10. The number of amides is 1. The number of nitrogens with one attached hydrogen (secondary N) is 1. The maximum Gasteiger partial charge on any atom is 0.317 e. The van der Waals surface area contributed by atoms with Crippen molar-refractivity contribution < 1.29 is 19.4 Å². The molecule has 22 heavy (non-hydrogen) atoms. The van der Waals surface area contributed by atoms with Gasteiger partial charge in [0, 0.05) is 18.7 Å². The normalized spacial score (nSPS) is 22.5. The summed E-state index contributed by atoms with van der Waals surface area (Å²) in [6, 6.07) is 0.389. The SMILES string of the molecule is CCN(CC(=O)O)C1CC(NC(=O)C(C)OCCC(C)C)C1. The molecule has 1 amide bonds. The van der Waals surface area contributed by atoms with E-state index in [0.29, 0.717) is 19.1 Å². The smallest absolute Gasteiger partial charge is 0.317 e. The Kier molecular flexibility index (Phi) is 7.82. The molecular formula is C16H30N2O4. The molecule has 6 heteroatoms. The fraction of sp³-hybridized carbons (Fsp3) is 0.875. The van der Waals surface area contributed by atoms with Gasteiger partial charge < -0.3 is 15.2 Å². The third kappa shape index (κ3) is 6.32. The zero-order valence-corrected chi connectivity index (χ0v) is 14.2. The van der Waals surface area contributed by atoms with Gasteiger partial charge >= 0.3 is 5.97 Å². The molecule has 0 aromatic carbocycles. The summed E-state index contributed by atoms with van der Waals surface area (Å²) < 4.78 is 5.53. The number of carbonyl (C=O) groups is 2. The zero-order chi connectivity index (χ0) is 16.7. The van der Waals surface area contributed by atoms with Crippen molar-refractivity contribution in [2.75, 3.05) is 19.7 Å². The second-order valence-corrected chi connectivity index (χ2v) is 6.48. The van der Waals surface area contributed by atoms with E-state index >= 15 is 0 Å². The number of ether oxygens (including phenoxy) is 1. The van der Waals surface area contributed by atoms with Crippen LogP contribution in [0.25, 0.3) is 0 Å². The molecule has 0 bridgehead atoms. The van der Waals surface area contributed by atoms with E-state index in [0.717, 1.165) is 19.3 Å². The van der Waals surface area contributed by atoms with Gasteiger partial charge in [-0.05, 0) is 38.6 Å². The number of carboxylic acid groups (broad SMARTS) is 1. The van der Waals surface area contributed by atoms with Crippen molar-refractivity contribution in [3.8, 4) is 0 Å². The molecule has 0 radical (unpaired) electrons. The summed E-state index contributed by atoms with van der Waals surface area (Å²) in [5.74, 6) is -0.313. The molecule has 1 saturated carbocycles. The monoisotopic (exact) mass is 314 g/mol. The van der Waals surface area contributed by atoms with Gasteiger partial charge in [0.2, 0.25) is 5.91 Å². The summed E-state index contributed by atoms with van der Waals surface area (Å²) >= 11 is 0. The van der Waals surface area contributed by atoms with Gasteiger partial charge in [-0.25, -0.2) is 0 Å². The first kappa shape index (κ1) is 18.9. The molecule has 2 N–H and O–H groups in total. The van der Waals surface area contributed by atoms with Gasteiger partial charge in [-0.15, -0.1) is 0 Å². The van der Waals surface area contributed by atoms with Crippen molar-refractivity contribution in [1.29, 1.82) is 0 Å². The fourth-order valence-corrected chi connectivity index (χ4v) is 2.55. The molecular weight excluding hydrogens is 284 g/mol. The quantitative estimate of drug-likeness (QED) is 0.639. The van der Waals surface area contributed by atoms with Gasteiger partial charge in [0.1, 0.15) is 6.10 Å². The van der Waals surface area contributed by atoms with Crippen LogP contribution in [0.5, 0.6) is 0 Å². The molecule has 0 heterocycles. The Balaban J connectivity index is 2.23. The van der Waals surface area contributed by atoms with E-state index in [9.17, 15) is 9.59 Å². The first-order valence-electron chi connectivity index (χ1n) is 8.21. The minimum atomic E-state index is -0.804. The molecule has 0 spiro atoms. The number of hydrogen-bond donors (Lipinski definition) is 2. The molecule has 0 aromatic rings. The van der Waals surface area contributed by atoms with Crippen LogP contribution in [0.2, 0.25) is 0 Å². The third-order valence-corrected chi connectivity index (χ3v) is 4.15. The van der Waals surface area contributed by atoms with Crippen molar-refractivity contribution in [2.45, 2.75) is 65.1 Å². The number of carboxylic acids is 1. The number of nitrogens with zero attached hydrogens (tertiary/aromatic N) is 1. The minimum absolute atomic E-state index is 0.0660. The second-order valence-electron chi connectivity index (χ2n) is 6.48. The average Bonchev–Trinajstić information content (AvgIpc) is 2.39. The zero-order valence-electron chi connectivity index (χ0n) is 14.2. The van der Waals surface area contributed by atoms with Gasteiger partial charge in [0.25, 0.3) is 0 Å². The molecule has 1 atom stereocenters. The Hall–Kier alpha value is -1.14. The van der Waals surface area contributed by atoms with Crippen molar-refractivity contribution >= 4 is 11.9 Å². The van der Waals surface area contributed by atoms with E-state index < -0.39 is 12.1 Å². The van der Waals surface area contributed by atoms with Crippen LogP contribution in [-0.4, -0.2) is 59.8 Å². The summed E-state index contributed by atoms with van der Waals surface area (Å²) in [5.41, 5.74) is 0. The molecule has 1 fully saturated rings. The van der Waals surface area contributed by atoms with Crippen LogP contribution in [0.3, 0.4) is 0 Å². The molecule has 0 aliphatic heterocycles. The highest BCUT2D eigenvalue weighted by atomic mass is 16.5. The van der Waals surface area contributed by atoms with E-state index in [2.05, 4.69) is 19.2 Å². The summed E-state index contributed by atoms with van der Waals surface area (Å²) in [5, 5.41) is 11.8. The first-order valence-corrected chi connectivity index (χ1v) is 8.21. The molecule has 1 aliphatic carbocycles. The number of hydrogen-bond acceptors (Lipinski definition) is 4. The Morgan fingerprint density at radius 1 is 1.32 bits per heavy atom. The second kappa shape index (κ2) is 9.10. The summed E-state index contributed by atoms with van der Waals surface area (Å²) in [7, 11) is 0. The molecule has 0 aromatic heterocycles. The van der Waals surface area contributed by atoms with Crippen LogP contribution in [0.15, 0.2) is 0 Å². The Labute approximate surface area is 133 Å². The molecule has 128 valence electrons. The topological polar surface area (TPSA) is 78.9 Å². The van der Waals surface area contributed by atoms with Crippen molar-refractivity contribution in [3.05, 3.63) is 0 Å². The molecule has 1 unspecified atom stereocenters. The van der Waals surface area contributed by atoms with Crippen LogP contribution in [0, 0.1) is 5.92 Å². The Morgan fingerprint density at radius 3 is 2.45 bits per heavy atom. The lowest BCUT2D eigenvalue weighted by atomic mass is 9.85. The number of aliphatic carboxylic acids is 1. The predicted molar refractivity (Wildman–Crippen MR) is 84.7 cm³/mol. The molecule has 6 nitrogen and oxygen atoms in total. The maximum atomic E-state index is 12.0. The Morgan fingerprint density at radius 2 is 1.95 bits per heavy atom. The first-order chi connectivity index (χ1) is 10.3. The highest BCUT2D eigenvalue weighted by Crippen LogP contribution is 2.25. The number of carbonyl (C=O) groups excluding carboxylic acids is 1. The predicted octanol–water partition coefficient (Wildman–Crippen LogP) is 1.49. The van der Waals surface area contributed by atoms with Gasteiger partial charge in [-0.1, -0.05) is 20.8 Å². The van der Waals surface area contributed by atoms with E-state index in [1.807, 2.05) is 11.8 Å². The minimum Gasteiger partial charge on any atom is -0.480 e. The van der Waals surface area contributed by atoms with Gasteiger partial charge in [0.15, 0.2) is 0 Å². The maximum absolute atomic E-state index is 12.0. The van der Waals surface area contributed by atoms with Gasteiger partial charge in [-0.3, -0.25) is 14.5 Å². The van der Waals surface area contributed by atoms with Crippen LogP contribution < -0.4 is 5.32 Å². The lowest BCUT2D eigenvalue weighted by Crippen LogP contribution is -2.56. The van der Waals surface area contributed by atoms with Crippen molar-refractivity contribution in [3.63, 3.8) is 0 Å². The van der Waals surface area contributed by atoms with E-state index in [-0.39, 0.29) is 24.5 Å². The van der Waals surface area contributed by atoms with Gasteiger partial charge in [-0.2, -0.15) is 0 Å². The fourth-order valence-electron chi connectivity index (χ4n) is 2.55. The van der Waals surface area contributed by atoms with E-state index in [1.54, 1.807) is 6.92 Å². The average molecular weight is 314 g/mol. The van der Waals surface area contributed by atoms with E-state index in [4.69, 9.17) is 9.84 Å². The third-order valence-electron chi connectivity index (χ3n) is 4.15. The summed E-state index contributed by atoms with van der Waals surface area (Å²) in [4.78, 5) is 24.7. The van der Waals surface area contributed by atoms with Crippen molar-refractivity contribution in [1.82, 2.24) is 10.2 Å². The van der Waals surface area contributed by atoms with Crippen molar-refractivity contribution in [2.24, 2.45) is 5.92 Å². The Bertz CT molecular complexity index is 367.